The van der Waals surface area contributed by atoms with Crippen LogP contribution in [0.4, 0.5) is 10.5 Å². The fourth-order valence-corrected chi connectivity index (χ4v) is 7.03. The Balaban J connectivity index is 1.49. The van der Waals surface area contributed by atoms with Gasteiger partial charge >= 0.3 is 6.03 Å². The molecule has 3 heterocycles. The topological polar surface area (TPSA) is 55.7 Å². The lowest BCUT2D eigenvalue weighted by Gasteiger charge is -2.31. The number of thiophene rings is 1. The maximum absolute atomic E-state index is 14.2. The lowest BCUT2D eigenvalue weighted by atomic mass is 9.95. The van der Waals surface area contributed by atoms with Crippen LogP contribution in [0.2, 0.25) is 0 Å². The molecule has 0 spiro atoms. The molecule has 0 unspecified atom stereocenters. The highest BCUT2D eigenvalue weighted by molar-refractivity contribution is 7.15. The molecule has 2 aromatic carbocycles. The van der Waals surface area contributed by atoms with Gasteiger partial charge in [0, 0.05) is 16.6 Å². The number of aromatic nitrogens is 1. The highest BCUT2D eigenvalue weighted by Crippen LogP contribution is 2.44. The number of rotatable bonds is 4. The monoisotopic (exact) mass is 513 g/mol. The average molecular weight is 514 g/mol. The van der Waals surface area contributed by atoms with E-state index in [-0.39, 0.29) is 12.1 Å². The maximum Gasteiger partial charge on any atom is 0.323 e. The van der Waals surface area contributed by atoms with Crippen LogP contribution in [0, 0.1) is 6.92 Å². The number of anilines is 1. The number of carbonyl (C=O) groups is 1. The van der Waals surface area contributed by atoms with Crippen LogP contribution >= 0.6 is 11.3 Å². The number of methoxy groups -OCH3 is 2. The van der Waals surface area contributed by atoms with Crippen LogP contribution in [-0.2, 0) is 19.4 Å². The third-order valence-corrected chi connectivity index (χ3v) is 8.80. The molecule has 1 aliphatic carbocycles. The van der Waals surface area contributed by atoms with E-state index in [0.29, 0.717) is 18.0 Å². The molecular weight excluding hydrogens is 482 g/mol. The summed E-state index contributed by atoms with van der Waals surface area (Å²) in [6.07, 6.45) is 6.77. The van der Waals surface area contributed by atoms with Crippen LogP contribution in [0.1, 0.15) is 51.7 Å². The number of urea groups is 1. The van der Waals surface area contributed by atoms with Crippen molar-refractivity contribution < 1.29 is 14.3 Å². The van der Waals surface area contributed by atoms with Gasteiger partial charge in [-0.15, -0.1) is 11.3 Å². The first-order chi connectivity index (χ1) is 18.1. The van der Waals surface area contributed by atoms with E-state index in [4.69, 9.17) is 9.47 Å². The van der Waals surface area contributed by atoms with Crippen molar-refractivity contribution in [2.75, 3.05) is 19.5 Å². The summed E-state index contributed by atoms with van der Waals surface area (Å²) in [5.74, 6) is 1.44. The molecule has 37 heavy (non-hydrogen) atoms. The number of hydrogen-bond donors (Lipinski definition) is 1. The third kappa shape index (κ3) is 4.17. The fraction of sp³-hybridized carbons (Fsp3) is 0.300. The van der Waals surface area contributed by atoms with Crippen molar-refractivity contribution in [2.45, 2.75) is 45.2 Å². The van der Waals surface area contributed by atoms with Gasteiger partial charge in [-0.1, -0.05) is 18.2 Å². The summed E-state index contributed by atoms with van der Waals surface area (Å²) in [4.78, 5) is 17.6. The molecule has 0 saturated heterocycles. The van der Waals surface area contributed by atoms with Gasteiger partial charge in [-0.3, -0.25) is 0 Å². The Morgan fingerprint density at radius 3 is 2.59 bits per heavy atom. The normalized spacial score (nSPS) is 16.3. The van der Waals surface area contributed by atoms with E-state index in [0.717, 1.165) is 35.4 Å². The smallest absolute Gasteiger partial charge is 0.323 e. The van der Waals surface area contributed by atoms with Gasteiger partial charge in [-0.2, -0.15) is 0 Å². The summed E-state index contributed by atoms with van der Waals surface area (Å²) in [5.41, 5.74) is 6.56. The summed E-state index contributed by atoms with van der Waals surface area (Å²) in [5, 5.41) is 4.42. The Kier molecular flexibility index (Phi) is 6.16. The highest BCUT2D eigenvalue weighted by atomic mass is 32.1. The van der Waals surface area contributed by atoms with Gasteiger partial charge in [0.1, 0.15) is 16.5 Å². The minimum absolute atomic E-state index is 0.152. The van der Waals surface area contributed by atoms with Gasteiger partial charge in [0.25, 0.3) is 0 Å². The molecule has 1 aliphatic heterocycles. The lowest BCUT2D eigenvalue weighted by Crippen LogP contribution is -2.38. The van der Waals surface area contributed by atoms with E-state index in [9.17, 15) is 4.79 Å². The van der Waals surface area contributed by atoms with Crippen LogP contribution < -0.4 is 14.8 Å². The largest absolute Gasteiger partial charge is 0.497 e. The molecule has 4 aromatic rings. The Bertz CT molecular complexity index is 1450. The van der Waals surface area contributed by atoms with Crippen LogP contribution in [-0.4, -0.2) is 29.7 Å². The number of aryl methyl sites for hydroxylation is 2. The zero-order valence-corrected chi connectivity index (χ0v) is 22.2. The van der Waals surface area contributed by atoms with Crippen molar-refractivity contribution in [1.82, 2.24) is 9.47 Å². The molecule has 0 saturated carbocycles. The molecule has 0 fully saturated rings. The van der Waals surface area contributed by atoms with Crippen molar-refractivity contribution in [3.63, 3.8) is 0 Å². The van der Waals surface area contributed by atoms with E-state index < -0.39 is 0 Å². The first kappa shape index (κ1) is 23.7. The molecule has 1 atom stereocenters. The zero-order chi connectivity index (χ0) is 25.5. The molecule has 0 bridgehead atoms. The molecule has 0 radical (unpaired) electrons. The number of amides is 2. The molecule has 2 aromatic heterocycles. The van der Waals surface area contributed by atoms with E-state index in [1.807, 2.05) is 53.5 Å². The molecule has 6 nitrogen and oxygen atoms in total. The Morgan fingerprint density at radius 1 is 1.00 bits per heavy atom. The first-order valence-corrected chi connectivity index (χ1v) is 13.6. The summed E-state index contributed by atoms with van der Waals surface area (Å²) in [7, 11) is 3.30. The standard InChI is InChI=1S/C30H31N3O3S/c1-19-10-15-26(36-3)24(17-19)31-30(34)33-18-23-22-7-4-5-9-27(22)37-29(23)32-16-6-8-25(32)28(33)20-11-13-21(35-2)14-12-20/h6,8,10-17,28H,4-5,7,9,18H2,1-3H3,(H,31,34)/t28-/m0/s1. The number of hydrogen-bond acceptors (Lipinski definition) is 4. The highest BCUT2D eigenvalue weighted by Gasteiger charge is 2.36. The van der Waals surface area contributed by atoms with Gasteiger partial charge in [0.05, 0.1) is 38.2 Å². The number of nitrogens with one attached hydrogen (secondary N) is 1. The van der Waals surface area contributed by atoms with Gasteiger partial charge in [0.15, 0.2) is 0 Å². The SMILES string of the molecule is COc1ccc([C@H]2c3cccn3-c3sc4c(c3CN2C(=O)Nc2cc(C)ccc2OC)CCCC4)cc1. The second kappa shape index (κ2) is 9.63. The summed E-state index contributed by atoms with van der Waals surface area (Å²) in [6, 6.07) is 17.7. The van der Waals surface area contributed by atoms with E-state index in [1.165, 1.54) is 33.8 Å². The minimum atomic E-state index is -0.268. The summed E-state index contributed by atoms with van der Waals surface area (Å²) < 4.78 is 13.3. The number of benzene rings is 2. The van der Waals surface area contributed by atoms with Crippen LogP contribution in [0.25, 0.3) is 5.00 Å². The second-order valence-electron chi connectivity index (χ2n) is 9.74. The Morgan fingerprint density at radius 2 is 1.81 bits per heavy atom. The van der Waals surface area contributed by atoms with Crippen LogP contribution in [0.5, 0.6) is 11.5 Å². The fourth-order valence-electron chi connectivity index (χ4n) is 5.63. The number of carbonyl (C=O) groups excluding carboxylic acids is 1. The van der Waals surface area contributed by atoms with Gasteiger partial charge in [-0.05, 0) is 85.7 Å². The van der Waals surface area contributed by atoms with E-state index in [1.54, 1.807) is 14.2 Å². The van der Waals surface area contributed by atoms with Gasteiger partial charge in [-0.25, -0.2) is 4.79 Å². The van der Waals surface area contributed by atoms with Crippen molar-refractivity contribution in [3.8, 4) is 16.5 Å². The van der Waals surface area contributed by atoms with E-state index >= 15 is 0 Å². The zero-order valence-electron chi connectivity index (χ0n) is 21.4. The molecule has 7 heteroatoms. The predicted molar refractivity (Wildman–Crippen MR) is 147 cm³/mol. The Hall–Kier alpha value is -3.71. The minimum Gasteiger partial charge on any atom is -0.497 e. The molecule has 1 N–H and O–H groups in total. The third-order valence-electron chi connectivity index (χ3n) is 7.47. The first-order valence-electron chi connectivity index (χ1n) is 12.7. The lowest BCUT2D eigenvalue weighted by molar-refractivity contribution is 0.194. The number of fused-ring (bicyclic) bond motifs is 5. The predicted octanol–water partition coefficient (Wildman–Crippen LogP) is 6.88. The Labute approximate surface area is 221 Å². The van der Waals surface area contributed by atoms with Gasteiger partial charge < -0.3 is 24.3 Å². The number of nitrogens with zero attached hydrogens (tertiary/aromatic N) is 2. The molecule has 6 rings (SSSR count). The number of ether oxygens (including phenoxy) is 2. The van der Waals surface area contributed by atoms with Crippen molar-refractivity contribution >= 4 is 23.1 Å². The van der Waals surface area contributed by atoms with Crippen molar-refractivity contribution in [2.24, 2.45) is 0 Å². The van der Waals surface area contributed by atoms with E-state index in [2.05, 4.69) is 40.3 Å². The van der Waals surface area contributed by atoms with Crippen LogP contribution in [0.3, 0.4) is 0 Å². The summed E-state index contributed by atoms with van der Waals surface area (Å²) >= 11 is 1.89. The van der Waals surface area contributed by atoms with Gasteiger partial charge in [0.2, 0.25) is 0 Å². The quantitative estimate of drug-likeness (QED) is 0.324. The molecular formula is C30H31N3O3S. The molecule has 2 amide bonds. The summed E-state index contributed by atoms with van der Waals surface area (Å²) in [6.45, 7) is 2.55. The average Bonchev–Trinajstić information content (AvgIpc) is 3.51. The molecule has 2 aliphatic rings. The van der Waals surface area contributed by atoms with Crippen molar-refractivity contribution in [3.05, 3.63) is 93.6 Å². The maximum atomic E-state index is 14.2. The second-order valence-corrected chi connectivity index (χ2v) is 10.8. The molecule has 190 valence electrons. The van der Waals surface area contributed by atoms with Crippen LogP contribution in [0.15, 0.2) is 60.8 Å². The van der Waals surface area contributed by atoms with Crippen molar-refractivity contribution in [1.29, 1.82) is 0 Å².